The van der Waals surface area contributed by atoms with Gasteiger partial charge in [-0.05, 0) is 23.8 Å². The largest absolute Gasteiger partial charge is 0.490 e. The number of nitrogens with zero attached hydrogens (tertiary/aromatic N) is 2. The van der Waals surface area contributed by atoms with Crippen LogP contribution in [0.3, 0.4) is 0 Å². The second-order valence-electron chi connectivity index (χ2n) is 5.27. The number of carbonyl (C=O) groups excluding carboxylic acids is 1. The lowest BCUT2D eigenvalue weighted by Gasteiger charge is -2.03. The van der Waals surface area contributed by atoms with Gasteiger partial charge in [0.05, 0.1) is 12.0 Å². The molecule has 0 amide bonds. The summed E-state index contributed by atoms with van der Waals surface area (Å²) in [5.41, 5.74) is 1.18. The smallest absolute Gasteiger partial charge is 0.363 e. The van der Waals surface area contributed by atoms with Gasteiger partial charge in [-0.2, -0.15) is 0 Å². The Kier molecular flexibility index (Phi) is 4.89. The first-order valence-corrected chi connectivity index (χ1v) is 7.65. The van der Waals surface area contributed by atoms with Crippen LogP contribution in [0.5, 0.6) is 5.75 Å². The minimum absolute atomic E-state index is 0.0140. The number of carbonyl (C=O) groups is 1. The van der Waals surface area contributed by atoms with Gasteiger partial charge < -0.3 is 9.47 Å². The first-order chi connectivity index (χ1) is 12.6. The monoisotopic (exact) mass is 350 g/mol. The van der Waals surface area contributed by atoms with E-state index in [1.807, 2.05) is 36.4 Å². The molecule has 130 valence electrons. The average Bonchev–Trinajstić information content (AvgIpc) is 3.03. The highest BCUT2D eigenvalue weighted by atomic mass is 16.6. The Morgan fingerprint density at radius 1 is 1.19 bits per heavy atom. The molecule has 0 atom stereocenters. The molecule has 2 aromatic carbocycles. The Morgan fingerprint density at radius 3 is 2.65 bits per heavy atom. The summed E-state index contributed by atoms with van der Waals surface area (Å²) in [5.74, 6) is -0.485. The second kappa shape index (κ2) is 7.43. The predicted octanol–water partition coefficient (Wildman–Crippen LogP) is 3.50. The zero-order chi connectivity index (χ0) is 18.5. The van der Waals surface area contributed by atoms with Crippen LogP contribution in [-0.4, -0.2) is 23.9 Å². The van der Waals surface area contributed by atoms with Gasteiger partial charge in [0.15, 0.2) is 11.4 Å². The van der Waals surface area contributed by atoms with Gasteiger partial charge >= 0.3 is 11.7 Å². The number of rotatable bonds is 5. The van der Waals surface area contributed by atoms with Crippen molar-refractivity contribution in [2.45, 2.75) is 0 Å². The van der Waals surface area contributed by atoms with Crippen molar-refractivity contribution < 1.29 is 19.2 Å². The van der Waals surface area contributed by atoms with Crippen LogP contribution in [0.1, 0.15) is 11.1 Å². The number of hydrogen-bond donors (Lipinski definition) is 0. The number of hydrogen-bond acceptors (Lipinski definition) is 6. The van der Waals surface area contributed by atoms with Crippen LogP contribution < -0.4 is 4.74 Å². The van der Waals surface area contributed by atoms with Crippen LogP contribution in [0.2, 0.25) is 0 Å². The molecule has 1 heterocycles. The molecule has 0 saturated carbocycles. The summed E-state index contributed by atoms with van der Waals surface area (Å²) in [5, 5.41) is 11.1. The summed E-state index contributed by atoms with van der Waals surface area (Å²) in [7, 11) is 1.34. The van der Waals surface area contributed by atoms with Crippen LogP contribution >= 0.6 is 0 Å². The minimum atomic E-state index is -0.615. The molecule has 1 aliphatic rings. The summed E-state index contributed by atoms with van der Waals surface area (Å²) in [6.07, 6.45) is 5.04. The van der Waals surface area contributed by atoms with Gasteiger partial charge in [-0.15, -0.1) is 0 Å². The van der Waals surface area contributed by atoms with E-state index in [-0.39, 0.29) is 23.0 Å². The zero-order valence-corrected chi connectivity index (χ0v) is 13.8. The molecule has 0 bridgehead atoms. The van der Waals surface area contributed by atoms with Crippen LogP contribution in [0, 0.1) is 10.1 Å². The van der Waals surface area contributed by atoms with Crippen molar-refractivity contribution in [1.29, 1.82) is 0 Å². The van der Waals surface area contributed by atoms with Crippen LogP contribution in [0.25, 0.3) is 6.08 Å². The highest BCUT2D eigenvalue weighted by Gasteiger charge is 2.26. The molecule has 0 N–H and O–H groups in total. The number of allylic oxidation sites excluding steroid dienone is 2. The standard InChI is InChI=1S/C19H14N2O5/c1-25-17-11-10-14(12-16(17)21(23)24)18-20-15(19(22)26-18)9-5-8-13-6-3-2-4-7-13/h2-12H,1H3. The van der Waals surface area contributed by atoms with Crippen molar-refractivity contribution in [3.05, 3.63) is 87.6 Å². The Hall–Kier alpha value is -3.74. The maximum absolute atomic E-state index is 11.9. The van der Waals surface area contributed by atoms with Crippen molar-refractivity contribution in [3.8, 4) is 5.75 Å². The molecule has 7 heteroatoms. The summed E-state index contributed by atoms with van der Waals surface area (Å²) < 4.78 is 10.1. The summed E-state index contributed by atoms with van der Waals surface area (Å²) in [4.78, 5) is 26.6. The maximum Gasteiger partial charge on any atom is 0.363 e. The van der Waals surface area contributed by atoms with E-state index >= 15 is 0 Å². The first-order valence-electron chi connectivity index (χ1n) is 7.65. The van der Waals surface area contributed by atoms with Crippen molar-refractivity contribution in [2.24, 2.45) is 4.99 Å². The molecular formula is C19H14N2O5. The molecule has 7 nitrogen and oxygen atoms in total. The first kappa shape index (κ1) is 17.1. The number of cyclic esters (lactones) is 1. The number of benzene rings is 2. The second-order valence-corrected chi connectivity index (χ2v) is 5.27. The average molecular weight is 350 g/mol. The SMILES string of the molecule is COc1ccc(C2=NC(=CC=Cc3ccccc3)C(=O)O2)cc1[N+](=O)[O-]. The Balaban J connectivity index is 1.86. The maximum atomic E-state index is 11.9. The van der Waals surface area contributed by atoms with Crippen LogP contribution in [0.4, 0.5) is 5.69 Å². The molecule has 2 aromatic rings. The normalized spacial score (nSPS) is 15.2. The van der Waals surface area contributed by atoms with Crippen molar-refractivity contribution in [3.63, 3.8) is 0 Å². The van der Waals surface area contributed by atoms with Crippen molar-refractivity contribution in [1.82, 2.24) is 0 Å². The van der Waals surface area contributed by atoms with Crippen LogP contribution in [-0.2, 0) is 9.53 Å². The van der Waals surface area contributed by atoms with Gasteiger partial charge in [0.1, 0.15) is 0 Å². The number of aliphatic imine (C=N–C) groups is 1. The van der Waals surface area contributed by atoms with E-state index in [1.165, 1.54) is 25.3 Å². The third kappa shape index (κ3) is 3.67. The number of nitro groups is 1. The van der Waals surface area contributed by atoms with E-state index in [4.69, 9.17) is 9.47 Å². The number of methoxy groups -OCH3 is 1. The quantitative estimate of drug-likeness (QED) is 0.356. The van der Waals surface area contributed by atoms with Crippen molar-refractivity contribution in [2.75, 3.05) is 7.11 Å². The Morgan fingerprint density at radius 2 is 1.96 bits per heavy atom. The molecule has 0 fully saturated rings. The Labute approximate surface area is 149 Å². The molecule has 0 saturated heterocycles. The van der Waals surface area contributed by atoms with Gasteiger partial charge in [0.2, 0.25) is 5.90 Å². The van der Waals surface area contributed by atoms with Crippen molar-refractivity contribution >= 4 is 23.6 Å². The molecule has 26 heavy (non-hydrogen) atoms. The lowest BCUT2D eigenvalue weighted by molar-refractivity contribution is -0.385. The highest BCUT2D eigenvalue weighted by molar-refractivity contribution is 6.11. The van der Waals surface area contributed by atoms with E-state index < -0.39 is 10.9 Å². The van der Waals surface area contributed by atoms with E-state index in [0.29, 0.717) is 5.56 Å². The van der Waals surface area contributed by atoms with E-state index in [2.05, 4.69) is 4.99 Å². The van der Waals surface area contributed by atoms with Gasteiger partial charge in [-0.1, -0.05) is 42.5 Å². The van der Waals surface area contributed by atoms with Crippen LogP contribution in [0.15, 0.2) is 71.4 Å². The lowest BCUT2D eigenvalue weighted by Crippen LogP contribution is -2.06. The highest BCUT2D eigenvalue weighted by Crippen LogP contribution is 2.29. The molecular weight excluding hydrogens is 336 g/mol. The van der Waals surface area contributed by atoms with E-state index in [9.17, 15) is 14.9 Å². The summed E-state index contributed by atoms with van der Waals surface area (Å²) >= 11 is 0. The molecule has 0 aliphatic carbocycles. The fraction of sp³-hybridized carbons (Fsp3) is 0.0526. The van der Waals surface area contributed by atoms with E-state index in [0.717, 1.165) is 5.56 Å². The molecule has 0 spiro atoms. The predicted molar refractivity (Wildman–Crippen MR) is 95.8 cm³/mol. The minimum Gasteiger partial charge on any atom is -0.490 e. The molecule has 0 aromatic heterocycles. The third-order valence-electron chi connectivity index (χ3n) is 3.59. The third-order valence-corrected chi connectivity index (χ3v) is 3.59. The van der Waals surface area contributed by atoms with Gasteiger partial charge in [-0.3, -0.25) is 10.1 Å². The molecule has 1 aliphatic heterocycles. The summed E-state index contributed by atoms with van der Waals surface area (Å²) in [6.45, 7) is 0. The molecule has 3 rings (SSSR count). The zero-order valence-electron chi connectivity index (χ0n) is 13.8. The number of nitro benzene ring substituents is 1. The fourth-order valence-electron chi connectivity index (χ4n) is 2.33. The number of ether oxygens (including phenoxy) is 2. The number of esters is 1. The summed E-state index contributed by atoms with van der Waals surface area (Å²) in [6, 6.07) is 13.8. The van der Waals surface area contributed by atoms with Gasteiger partial charge in [-0.25, -0.2) is 9.79 Å². The fourth-order valence-corrected chi connectivity index (χ4v) is 2.33. The molecule has 0 unspecified atom stereocenters. The van der Waals surface area contributed by atoms with Gasteiger partial charge in [0, 0.05) is 11.6 Å². The van der Waals surface area contributed by atoms with Gasteiger partial charge in [0.25, 0.3) is 0 Å². The lowest BCUT2D eigenvalue weighted by atomic mass is 10.2. The Bertz CT molecular complexity index is 946. The topological polar surface area (TPSA) is 91.0 Å². The molecule has 0 radical (unpaired) electrons. The van der Waals surface area contributed by atoms with E-state index in [1.54, 1.807) is 12.1 Å².